The van der Waals surface area contributed by atoms with E-state index >= 15 is 0 Å². The van der Waals surface area contributed by atoms with Crippen LogP contribution in [-0.2, 0) is 65.4 Å². The van der Waals surface area contributed by atoms with Crippen molar-refractivity contribution in [1.29, 1.82) is 0 Å². The summed E-state index contributed by atoms with van der Waals surface area (Å²) in [5.41, 5.74) is -15.4. The second-order valence-electron chi connectivity index (χ2n) is 34.1. The summed E-state index contributed by atoms with van der Waals surface area (Å²) in [6, 6.07) is 25.6. The van der Waals surface area contributed by atoms with Crippen LogP contribution in [0.25, 0.3) is 108 Å². The molecule has 0 radical (unpaired) electrons. The number of benzene rings is 10. The maximum atomic E-state index is 14.5. The molecule has 28 aliphatic rings. The zero-order valence-electron chi connectivity index (χ0n) is 75.3. The topological polar surface area (TPSA) is 483 Å². The molecule has 0 amide bonds. The van der Waals surface area contributed by atoms with Crippen LogP contribution in [-0.4, -0.2) is 117 Å². The minimum Gasteiger partial charge on any atom is -0.496 e. The van der Waals surface area contributed by atoms with Crippen LogP contribution in [0.2, 0.25) is 0 Å². The van der Waals surface area contributed by atoms with Crippen molar-refractivity contribution in [3.8, 4) is 57.5 Å². The smallest absolute Gasteiger partial charge is 0.261 e. The molecule has 0 aliphatic carbocycles. The first-order chi connectivity index (χ1) is 67.2. The van der Waals surface area contributed by atoms with E-state index in [0.717, 1.165) is 106 Å². The first-order valence-corrected chi connectivity index (χ1v) is 42.9. The Balaban J connectivity index is 0.642. The summed E-state index contributed by atoms with van der Waals surface area (Å²) in [5.74, 6) is 0.482. The number of hydrogen-bond acceptors (Lipinski definition) is 30. The Morgan fingerprint density at radius 1 is 0.121 bits per heavy atom. The predicted octanol–water partition coefficient (Wildman–Crippen LogP) is 1.70. The van der Waals surface area contributed by atoms with Crippen molar-refractivity contribution in [3.63, 3.8) is 0 Å². The van der Waals surface area contributed by atoms with Crippen LogP contribution in [0.4, 0.5) is 0 Å². The van der Waals surface area contributed by atoms with Crippen LogP contribution in [0.1, 0.15) is 55.6 Å². The van der Waals surface area contributed by atoms with Crippen molar-refractivity contribution in [2.45, 2.75) is 65.4 Å². The van der Waals surface area contributed by atoms with E-state index in [1.165, 1.54) is 132 Å². The molecule has 10 aromatic heterocycles. The average Bonchev–Trinajstić information content (AvgIpc) is 1.59. The maximum Gasteiger partial charge on any atom is 0.261 e. The molecule has 0 saturated carbocycles. The molecule has 0 unspecified atom stereocenters. The highest BCUT2D eigenvalue weighted by atomic mass is 16.5. The van der Waals surface area contributed by atoms with Gasteiger partial charge in [-0.25, -0.2) is 0 Å². The van der Waals surface area contributed by atoms with Crippen molar-refractivity contribution in [3.05, 3.63) is 384 Å². The lowest BCUT2D eigenvalue weighted by Crippen LogP contribution is -2.27. The second-order valence-corrected chi connectivity index (χ2v) is 34.1. The van der Waals surface area contributed by atoms with E-state index in [1.54, 1.807) is 0 Å². The van der Waals surface area contributed by atoms with Gasteiger partial charge in [0.1, 0.15) is 57.5 Å². The quantitative estimate of drug-likeness (QED) is 0.188. The van der Waals surface area contributed by atoms with E-state index in [9.17, 15) is 95.9 Å². The molecule has 0 saturated heterocycles. The molecule has 48 rings (SSSR count). The maximum absolute atomic E-state index is 14.5. The second kappa shape index (κ2) is 32.2. The molecule has 140 heavy (non-hydrogen) atoms. The van der Waals surface area contributed by atoms with E-state index in [-0.39, 0.29) is 221 Å². The Kier molecular flexibility index (Phi) is 20.3. The van der Waals surface area contributed by atoms with Gasteiger partial charge in [-0.3, -0.25) is 142 Å². The monoisotopic (exact) mass is 1890 g/mol. The molecule has 28 aliphatic heterocycles. The molecule has 10 aromatic carbocycles. The number of nitrogens with zero attached hydrogens (tertiary/aromatic N) is 10. The van der Waals surface area contributed by atoms with Gasteiger partial charge in [-0.15, -0.1) is 0 Å². The van der Waals surface area contributed by atoms with Crippen molar-refractivity contribution < 1.29 is 47.4 Å². The van der Waals surface area contributed by atoms with Crippen LogP contribution in [0.3, 0.4) is 0 Å². The third-order valence-corrected chi connectivity index (χ3v) is 27.0. The van der Waals surface area contributed by atoms with Crippen LogP contribution in [0.15, 0.2) is 217 Å². The minimum absolute atomic E-state index is 0.0482. The van der Waals surface area contributed by atoms with Crippen LogP contribution in [0, 0.1) is 0 Å². The summed E-state index contributed by atoms with van der Waals surface area (Å²) in [7, 11) is 12.8. The van der Waals surface area contributed by atoms with Gasteiger partial charge < -0.3 is 47.4 Å². The van der Waals surface area contributed by atoms with Gasteiger partial charge in [0.25, 0.3) is 111 Å². The summed E-state index contributed by atoms with van der Waals surface area (Å²) in [6.45, 7) is -4.76. The van der Waals surface area contributed by atoms with Crippen LogP contribution in [0.5, 0.6) is 57.5 Å². The summed E-state index contributed by atoms with van der Waals surface area (Å²) < 4.78 is 66.2. The van der Waals surface area contributed by atoms with E-state index in [4.69, 9.17) is 47.4 Å². The largest absolute Gasteiger partial charge is 0.496 e. The van der Waals surface area contributed by atoms with Gasteiger partial charge in [-0.2, -0.15) is 0 Å². The SMILES string of the molecule is COc1cc2c(OC)cc1Cn1c(=O)c3cc4c(=O)n(c(=O)c4cc3c1=O)Cc1cc(OC)c(cc1OC)Cn1c(=O)c3cc4c(=O)n(c(=O)c4cc3c1=O)Cc1cc(OC)c(cc1OC)Cn1c(=O)c3cc4c(=O)n(c(=O)c4cc3c1=O)Cc1cc(OC)c(cc1OC)Cn1c(=O)c3cc4c(=O)n(c(=O)c4cc3c1=O)Cc1cc(OC)c(cc1OC)Cn1c(=O)c3cc4c(=O)n(c(=O)c4cc3c1=O)C2. The van der Waals surface area contributed by atoms with Crippen LogP contribution >= 0.6 is 0 Å². The van der Waals surface area contributed by atoms with Crippen LogP contribution < -0.4 is 159 Å². The Hall–Kier alpha value is -18.4. The highest BCUT2D eigenvalue weighted by Crippen LogP contribution is 2.38. The molecule has 20 aromatic rings. The lowest BCUT2D eigenvalue weighted by molar-refractivity contribution is 0.392. The molecule has 40 heteroatoms. The Labute approximate surface area is 775 Å². The Morgan fingerprint density at radius 2 is 0.186 bits per heavy atom. The van der Waals surface area contributed by atoms with Gasteiger partial charge in [-0.05, 0) is 121 Å². The Bertz CT molecular complexity index is 7970. The van der Waals surface area contributed by atoms with Crippen molar-refractivity contribution in [2.75, 3.05) is 71.1 Å². The number of rotatable bonds is 10. The Morgan fingerprint density at radius 3 is 0.243 bits per heavy atom. The number of aromatic nitrogens is 10. The number of hydrogen-bond donors (Lipinski definition) is 0. The molecule has 0 N–H and O–H groups in total. The number of methoxy groups -OCH3 is 10. The zero-order chi connectivity index (χ0) is 98.7. The van der Waals surface area contributed by atoms with Gasteiger partial charge >= 0.3 is 0 Å². The fourth-order valence-corrected chi connectivity index (χ4v) is 19.9. The van der Waals surface area contributed by atoms with Gasteiger partial charge in [0.05, 0.1) is 244 Å². The molecule has 0 atom stereocenters. The fraction of sp³-hybridized carbons (Fsp3) is 0.200. The summed E-state index contributed by atoms with van der Waals surface area (Å²) >= 11 is 0. The molecule has 0 spiro atoms. The normalized spacial score (nSPS) is 12.9. The van der Waals surface area contributed by atoms with Gasteiger partial charge in [0.2, 0.25) is 0 Å². The summed E-state index contributed by atoms with van der Waals surface area (Å²) in [5, 5.41) is -4.45. The first kappa shape index (κ1) is 88.2. The average molecular weight is 1890 g/mol. The molecule has 0 fully saturated rings. The lowest BCUT2D eigenvalue weighted by atomic mass is 10.1. The molecular formula is C100H70N10O30. The van der Waals surface area contributed by atoms with Crippen molar-refractivity contribution >= 4 is 108 Å². The first-order valence-electron chi connectivity index (χ1n) is 42.9. The lowest BCUT2D eigenvalue weighted by Gasteiger charge is -2.15. The molecule has 38 heterocycles. The van der Waals surface area contributed by atoms with E-state index < -0.39 is 177 Å². The molecular weight excluding hydrogens is 1820 g/mol. The summed E-state index contributed by atoms with van der Waals surface area (Å²) in [6.07, 6.45) is 0. The van der Waals surface area contributed by atoms with Crippen molar-refractivity contribution in [1.82, 2.24) is 45.7 Å². The van der Waals surface area contributed by atoms with E-state index in [2.05, 4.69) is 0 Å². The van der Waals surface area contributed by atoms with Gasteiger partial charge in [-0.1, -0.05) is 0 Å². The predicted molar refractivity (Wildman–Crippen MR) is 513 cm³/mol. The standard InChI is InChI=1S/C100H70N10O30/c1-131-71-11-42-32-102-83(113)53-23-57-58(24-54(53)84(102)114)88(118)104(87(57)117)34-44-14-76(136-6)46(16-75(44)135-5)36-106-91(121)61-27-65-66(28-62(61)92(106)122)96(126)108(95(65)125)38-48-18-80(140-10)50(20-79(48)139-9)40-110-99(129)69-29-67-68(30-70(69)100(110)130)98(128)109(97(67)127)39-49-19-77(137-7)47(17-78(49)138-8)37-107-93(123)63-25-59-60(26-64(63)94(107)124)90(120)105(89(59)119)35-45-15-73(133-3)43(13-74(45)134-4)33-103-85(115)55-21-51-52(22-56(55)86(103)116)82(112)101(81(51)111)31-41(71)12-72(42)132-2/h11-30H,31-40H2,1-10H3. The highest BCUT2D eigenvalue weighted by Gasteiger charge is 2.32. The number of ether oxygens (including phenoxy) is 10. The molecule has 700 valence electrons. The van der Waals surface area contributed by atoms with E-state index in [0.29, 0.717) is 0 Å². The third kappa shape index (κ3) is 12.9. The molecule has 40 nitrogen and oxygen atoms in total. The summed E-state index contributed by atoms with van der Waals surface area (Å²) in [4.78, 5) is 289. The van der Waals surface area contributed by atoms with Crippen molar-refractivity contribution in [2.24, 2.45) is 0 Å². The minimum atomic E-state index is -0.864. The fourth-order valence-electron chi connectivity index (χ4n) is 19.9. The highest BCUT2D eigenvalue weighted by molar-refractivity contribution is 6.02. The zero-order valence-corrected chi connectivity index (χ0v) is 75.3. The molecule has 40 bridgehead atoms. The van der Waals surface area contributed by atoms with E-state index in [1.807, 2.05) is 0 Å². The third-order valence-electron chi connectivity index (χ3n) is 27.0. The van der Waals surface area contributed by atoms with Gasteiger partial charge in [0.15, 0.2) is 0 Å². The van der Waals surface area contributed by atoms with Gasteiger partial charge in [0, 0.05) is 55.6 Å².